The number of carbonyl (C=O) groups excluding carboxylic acids is 2. The van der Waals surface area contributed by atoms with Crippen molar-refractivity contribution in [2.45, 2.75) is 57.2 Å². The quantitative estimate of drug-likeness (QED) is 0.658. The Morgan fingerprint density at radius 1 is 0.906 bits per heavy atom. The molecule has 164 valence electrons. The fourth-order valence-corrected chi connectivity index (χ4v) is 6.13. The maximum atomic E-state index is 13.9. The average molecular weight is 428 g/mol. The molecule has 1 N–H and O–H groups in total. The summed E-state index contributed by atoms with van der Waals surface area (Å²) in [5, 5.41) is 1.16. The van der Waals surface area contributed by atoms with E-state index >= 15 is 0 Å². The number of benzene rings is 2. The van der Waals surface area contributed by atoms with Crippen molar-refractivity contribution < 1.29 is 9.59 Å². The van der Waals surface area contributed by atoms with Crippen LogP contribution in [-0.2, 0) is 16.0 Å². The number of para-hydroxylation sites is 1. The van der Waals surface area contributed by atoms with Crippen molar-refractivity contribution in [3.63, 3.8) is 0 Å². The predicted molar refractivity (Wildman–Crippen MR) is 124 cm³/mol. The molecule has 0 bridgehead atoms. The fourth-order valence-electron chi connectivity index (χ4n) is 6.13. The standard InChI is InChI=1S/C27H29N3O2/c1-17-11-13-19(14-12-17)29-16-24(31)30-23(27(29)32)15-21-20-9-5-6-10-22(20)28-25(21)26(30)18-7-3-2-4-8-18/h2-10,17,19,23,26,28H,11-16H2,1H3/t17?,19?,23-,26+/m0/s1. The molecule has 2 atom stereocenters. The minimum Gasteiger partial charge on any atom is -0.356 e. The van der Waals surface area contributed by atoms with Gasteiger partial charge in [-0.1, -0.05) is 55.5 Å². The molecule has 1 saturated carbocycles. The monoisotopic (exact) mass is 427 g/mol. The van der Waals surface area contributed by atoms with E-state index in [0.717, 1.165) is 47.8 Å². The Labute approximate surface area is 188 Å². The number of nitrogens with one attached hydrogen (secondary N) is 1. The Balaban J connectivity index is 1.45. The molecule has 3 aliphatic rings. The third-order valence-corrected chi connectivity index (χ3v) is 7.83. The number of hydrogen-bond acceptors (Lipinski definition) is 2. The Morgan fingerprint density at radius 3 is 2.41 bits per heavy atom. The van der Waals surface area contributed by atoms with E-state index in [2.05, 4.69) is 36.2 Å². The highest BCUT2D eigenvalue weighted by Crippen LogP contribution is 2.43. The van der Waals surface area contributed by atoms with Crippen LogP contribution in [0.4, 0.5) is 0 Å². The van der Waals surface area contributed by atoms with Gasteiger partial charge in [-0.05, 0) is 48.8 Å². The summed E-state index contributed by atoms with van der Waals surface area (Å²) in [4.78, 5) is 34.9. The van der Waals surface area contributed by atoms with Crippen molar-refractivity contribution in [2.75, 3.05) is 6.54 Å². The van der Waals surface area contributed by atoms with Gasteiger partial charge in [-0.2, -0.15) is 0 Å². The lowest BCUT2D eigenvalue weighted by molar-refractivity contribution is -0.161. The van der Waals surface area contributed by atoms with Crippen molar-refractivity contribution in [3.05, 3.63) is 71.4 Å². The van der Waals surface area contributed by atoms with Gasteiger partial charge < -0.3 is 14.8 Å². The molecule has 3 heterocycles. The second-order valence-electron chi connectivity index (χ2n) is 9.78. The second-order valence-corrected chi connectivity index (χ2v) is 9.78. The number of amides is 2. The number of rotatable bonds is 2. The number of hydrogen-bond donors (Lipinski definition) is 1. The Morgan fingerprint density at radius 2 is 1.62 bits per heavy atom. The van der Waals surface area contributed by atoms with Crippen LogP contribution < -0.4 is 0 Å². The number of H-pyrrole nitrogens is 1. The van der Waals surface area contributed by atoms with Gasteiger partial charge in [0.05, 0.1) is 6.04 Å². The first-order valence-electron chi connectivity index (χ1n) is 11.9. The van der Waals surface area contributed by atoms with Crippen molar-refractivity contribution in [1.82, 2.24) is 14.8 Å². The molecule has 1 aliphatic carbocycles. The first kappa shape index (κ1) is 19.6. The zero-order valence-electron chi connectivity index (χ0n) is 18.5. The second kappa shape index (κ2) is 7.51. The summed E-state index contributed by atoms with van der Waals surface area (Å²) in [6, 6.07) is 17.9. The van der Waals surface area contributed by atoms with Gasteiger partial charge in [0.1, 0.15) is 12.6 Å². The third kappa shape index (κ3) is 2.98. The summed E-state index contributed by atoms with van der Waals surface area (Å²) >= 11 is 0. The van der Waals surface area contributed by atoms with Crippen LogP contribution in [0.3, 0.4) is 0 Å². The van der Waals surface area contributed by atoms with Gasteiger partial charge in [-0.25, -0.2) is 0 Å². The topological polar surface area (TPSA) is 56.4 Å². The molecule has 2 fully saturated rings. The summed E-state index contributed by atoms with van der Waals surface area (Å²) in [6.45, 7) is 2.48. The number of aromatic amines is 1. The van der Waals surface area contributed by atoms with E-state index in [-0.39, 0.29) is 30.4 Å². The van der Waals surface area contributed by atoms with Gasteiger partial charge in [-0.15, -0.1) is 0 Å². The van der Waals surface area contributed by atoms with Crippen molar-refractivity contribution in [2.24, 2.45) is 5.92 Å². The minimum atomic E-state index is -0.437. The smallest absolute Gasteiger partial charge is 0.246 e. The zero-order valence-corrected chi connectivity index (χ0v) is 18.5. The number of nitrogens with zero attached hydrogens (tertiary/aromatic N) is 2. The first-order chi connectivity index (χ1) is 15.6. The van der Waals surface area contributed by atoms with E-state index < -0.39 is 6.04 Å². The SMILES string of the molecule is CC1CCC(N2CC(=O)N3[C@H](c4ccccc4)c4[nH]c5ccccc5c4C[C@H]3C2=O)CC1. The Bertz CT molecular complexity index is 1180. The maximum Gasteiger partial charge on any atom is 0.246 e. The molecule has 3 aromatic rings. The van der Waals surface area contributed by atoms with Gasteiger partial charge >= 0.3 is 0 Å². The van der Waals surface area contributed by atoms with Crippen LogP contribution in [0.5, 0.6) is 0 Å². The van der Waals surface area contributed by atoms with Crippen LogP contribution in [0, 0.1) is 5.92 Å². The molecule has 1 saturated heterocycles. The van der Waals surface area contributed by atoms with E-state index in [1.165, 1.54) is 5.56 Å². The molecule has 5 heteroatoms. The van der Waals surface area contributed by atoms with E-state index in [9.17, 15) is 9.59 Å². The first-order valence-corrected chi connectivity index (χ1v) is 11.9. The lowest BCUT2D eigenvalue weighted by Gasteiger charge is -2.49. The van der Waals surface area contributed by atoms with Crippen LogP contribution in [0.25, 0.3) is 10.9 Å². The van der Waals surface area contributed by atoms with Gasteiger partial charge in [0.25, 0.3) is 0 Å². The molecule has 0 unspecified atom stereocenters. The molecule has 2 amide bonds. The normalized spacial score (nSPS) is 28.0. The van der Waals surface area contributed by atoms with Gasteiger partial charge in [0.15, 0.2) is 0 Å². The van der Waals surface area contributed by atoms with Crippen LogP contribution >= 0.6 is 0 Å². The molecule has 1 aromatic heterocycles. The zero-order chi connectivity index (χ0) is 21.8. The molecule has 5 nitrogen and oxygen atoms in total. The van der Waals surface area contributed by atoms with Crippen molar-refractivity contribution in [1.29, 1.82) is 0 Å². The molecule has 2 aromatic carbocycles. The largest absolute Gasteiger partial charge is 0.356 e. The summed E-state index contributed by atoms with van der Waals surface area (Å²) in [6.07, 6.45) is 4.86. The highest BCUT2D eigenvalue weighted by atomic mass is 16.2. The Kier molecular flexibility index (Phi) is 4.60. The molecule has 6 rings (SSSR count). The van der Waals surface area contributed by atoms with Crippen molar-refractivity contribution >= 4 is 22.7 Å². The van der Waals surface area contributed by atoms with E-state index in [0.29, 0.717) is 12.3 Å². The van der Waals surface area contributed by atoms with Crippen molar-refractivity contribution in [3.8, 4) is 0 Å². The highest BCUT2D eigenvalue weighted by molar-refractivity contribution is 5.97. The van der Waals surface area contributed by atoms with Crippen LogP contribution in [0.2, 0.25) is 0 Å². The molecular weight excluding hydrogens is 398 g/mol. The van der Waals surface area contributed by atoms with E-state index in [4.69, 9.17) is 0 Å². The molecular formula is C27H29N3O2. The molecule has 32 heavy (non-hydrogen) atoms. The summed E-state index contributed by atoms with van der Waals surface area (Å²) in [5.41, 5.74) is 4.34. The van der Waals surface area contributed by atoms with Gasteiger partial charge in [-0.3, -0.25) is 9.59 Å². The minimum absolute atomic E-state index is 0.0615. The number of fused-ring (bicyclic) bond motifs is 4. The maximum absolute atomic E-state index is 13.9. The van der Waals surface area contributed by atoms with Gasteiger partial charge in [0.2, 0.25) is 11.8 Å². The lowest BCUT2D eigenvalue weighted by Crippen LogP contribution is -2.65. The third-order valence-electron chi connectivity index (χ3n) is 7.83. The molecule has 0 spiro atoms. The number of piperazine rings is 1. The summed E-state index contributed by atoms with van der Waals surface area (Å²) in [5.74, 6) is 0.900. The molecule has 2 aliphatic heterocycles. The summed E-state index contributed by atoms with van der Waals surface area (Å²) in [7, 11) is 0. The molecule has 0 radical (unpaired) electrons. The van der Waals surface area contributed by atoms with Crippen LogP contribution in [0.15, 0.2) is 54.6 Å². The Hall–Kier alpha value is -3.08. The van der Waals surface area contributed by atoms with E-state index in [1.54, 1.807) is 0 Å². The van der Waals surface area contributed by atoms with Crippen LogP contribution in [-0.4, -0.2) is 45.2 Å². The van der Waals surface area contributed by atoms with Crippen LogP contribution in [0.1, 0.15) is 55.5 Å². The average Bonchev–Trinajstić information content (AvgIpc) is 3.20. The lowest BCUT2D eigenvalue weighted by atomic mass is 9.83. The number of carbonyl (C=O) groups is 2. The van der Waals surface area contributed by atoms with Gasteiger partial charge in [0, 0.05) is 29.1 Å². The van der Waals surface area contributed by atoms with E-state index in [1.807, 2.05) is 40.1 Å². The predicted octanol–water partition coefficient (Wildman–Crippen LogP) is 4.43. The highest BCUT2D eigenvalue weighted by Gasteiger charge is 2.49. The summed E-state index contributed by atoms with van der Waals surface area (Å²) < 4.78 is 0. The number of aromatic nitrogens is 1. The fraction of sp³-hybridized carbons (Fsp3) is 0.407.